The molecule has 0 aromatic heterocycles. The summed E-state index contributed by atoms with van der Waals surface area (Å²) in [4.78, 5) is 22.1. The van der Waals surface area contributed by atoms with Crippen molar-refractivity contribution in [1.82, 2.24) is 5.32 Å². The molecule has 2 N–H and O–H groups in total. The van der Waals surface area contributed by atoms with Gasteiger partial charge in [-0.2, -0.15) is 0 Å². The van der Waals surface area contributed by atoms with Gasteiger partial charge in [-0.25, -0.2) is 0 Å². The van der Waals surface area contributed by atoms with E-state index in [1.54, 1.807) is 13.8 Å². The summed E-state index contributed by atoms with van der Waals surface area (Å²) in [6.45, 7) is 3.34. The van der Waals surface area contributed by atoms with Crippen LogP contribution in [0.4, 0.5) is 0 Å². The highest BCUT2D eigenvalue weighted by molar-refractivity contribution is 5.78. The largest absolute Gasteiger partial charge is 0.481 e. The van der Waals surface area contributed by atoms with E-state index < -0.39 is 11.9 Å². The molecule has 2 unspecified atom stereocenters. The first kappa shape index (κ1) is 12.0. The van der Waals surface area contributed by atoms with E-state index in [-0.39, 0.29) is 11.9 Å². The van der Waals surface area contributed by atoms with Crippen LogP contribution in [0.15, 0.2) is 0 Å². The van der Waals surface area contributed by atoms with Gasteiger partial charge in [0.1, 0.15) is 0 Å². The second kappa shape index (κ2) is 5.14. The van der Waals surface area contributed by atoms with Crippen molar-refractivity contribution in [3.63, 3.8) is 0 Å². The molecule has 0 aliphatic heterocycles. The number of amides is 1. The highest BCUT2D eigenvalue weighted by atomic mass is 16.4. The van der Waals surface area contributed by atoms with Gasteiger partial charge in [0.25, 0.3) is 0 Å². The molecule has 0 radical (unpaired) electrons. The van der Waals surface area contributed by atoms with Crippen molar-refractivity contribution >= 4 is 11.9 Å². The first-order valence-corrected chi connectivity index (χ1v) is 5.53. The maximum atomic E-state index is 11.5. The molecule has 1 amide bonds. The van der Waals surface area contributed by atoms with Gasteiger partial charge in [-0.1, -0.05) is 6.42 Å². The van der Waals surface area contributed by atoms with Gasteiger partial charge in [0.15, 0.2) is 0 Å². The quantitative estimate of drug-likeness (QED) is 0.725. The molecule has 4 heteroatoms. The van der Waals surface area contributed by atoms with Gasteiger partial charge in [-0.15, -0.1) is 0 Å². The lowest BCUT2D eigenvalue weighted by Gasteiger charge is -2.26. The zero-order valence-corrected chi connectivity index (χ0v) is 9.32. The summed E-state index contributed by atoms with van der Waals surface area (Å²) >= 11 is 0. The maximum absolute atomic E-state index is 11.5. The number of carbonyl (C=O) groups excluding carboxylic acids is 1. The predicted molar refractivity (Wildman–Crippen MR) is 56.4 cm³/mol. The SMILES string of the molecule is CC(NC(=O)CC1CCC1)C(C)C(=O)O. The maximum Gasteiger partial charge on any atom is 0.308 e. The minimum absolute atomic E-state index is 0.0136. The standard InChI is InChI=1S/C11H19NO3/c1-7(11(14)15)8(2)12-10(13)6-9-4-3-5-9/h7-9H,3-6H2,1-2H3,(H,12,13)(H,14,15). The molecule has 0 heterocycles. The van der Waals surface area contributed by atoms with Gasteiger partial charge in [0, 0.05) is 12.5 Å². The molecule has 1 rings (SSSR count). The molecule has 0 spiro atoms. The molecule has 4 nitrogen and oxygen atoms in total. The second-order valence-corrected chi connectivity index (χ2v) is 4.48. The number of nitrogens with one attached hydrogen (secondary N) is 1. The molecule has 0 bridgehead atoms. The lowest BCUT2D eigenvalue weighted by molar-refractivity contribution is -0.142. The zero-order valence-electron chi connectivity index (χ0n) is 9.32. The van der Waals surface area contributed by atoms with E-state index >= 15 is 0 Å². The van der Waals surface area contributed by atoms with Crippen LogP contribution >= 0.6 is 0 Å². The molecule has 2 atom stereocenters. The zero-order chi connectivity index (χ0) is 11.4. The van der Waals surface area contributed by atoms with E-state index in [1.165, 1.54) is 6.42 Å². The van der Waals surface area contributed by atoms with Crippen molar-refractivity contribution in [1.29, 1.82) is 0 Å². The Bertz CT molecular complexity index is 248. The molecule has 15 heavy (non-hydrogen) atoms. The molecule has 1 fully saturated rings. The Morgan fingerprint density at radius 3 is 2.40 bits per heavy atom. The van der Waals surface area contributed by atoms with E-state index in [2.05, 4.69) is 5.32 Å². The molecular formula is C11H19NO3. The Balaban J connectivity index is 2.26. The minimum Gasteiger partial charge on any atom is -0.481 e. The predicted octanol–water partition coefficient (Wildman–Crippen LogP) is 1.40. The van der Waals surface area contributed by atoms with Crippen molar-refractivity contribution in [2.45, 2.75) is 45.6 Å². The van der Waals surface area contributed by atoms with Gasteiger partial charge in [0.2, 0.25) is 5.91 Å². The minimum atomic E-state index is -0.869. The van der Waals surface area contributed by atoms with Crippen LogP contribution in [0.1, 0.15) is 39.5 Å². The Kier molecular flexibility index (Phi) is 4.12. The van der Waals surface area contributed by atoms with Gasteiger partial charge < -0.3 is 10.4 Å². The van der Waals surface area contributed by atoms with Crippen molar-refractivity contribution < 1.29 is 14.7 Å². The molecule has 1 aliphatic carbocycles. The van der Waals surface area contributed by atoms with E-state index in [0.717, 1.165) is 12.8 Å². The van der Waals surface area contributed by atoms with Crippen molar-refractivity contribution in [3.8, 4) is 0 Å². The van der Waals surface area contributed by atoms with Crippen LogP contribution in [0.3, 0.4) is 0 Å². The Morgan fingerprint density at radius 2 is 2.00 bits per heavy atom. The van der Waals surface area contributed by atoms with Crippen molar-refractivity contribution in [2.24, 2.45) is 11.8 Å². The third-order valence-corrected chi connectivity index (χ3v) is 3.23. The van der Waals surface area contributed by atoms with Gasteiger partial charge in [-0.3, -0.25) is 9.59 Å². The van der Waals surface area contributed by atoms with E-state index in [0.29, 0.717) is 12.3 Å². The van der Waals surface area contributed by atoms with E-state index in [9.17, 15) is 9.59 Å². The number of rotatable bonds is 5. The molecular weight excluding hydrogens is 194 g/mol. The highest BCUT2D eigenvalue weighted by Gasteiger charge is 2.24. The first-order valence-electron chi connectivity index (χ1n) is 5.53. The average Bonchev–Trinajstić information content (AvgIpc) is 2.09. The average molecular weight is 213 g/mol. The Labute approximate surface area is 90.0 Å². The number of carboxylic acid groups (broad SMARTS) is 1. The van der Waals surface area contributed by atoms with Crippen LogP contribution in [-0.2, 0) is 9.59 Å². The second-order valence-electron chi connectivity index (χ2n) is 4.48. The fraction of sp³-hybridized carbons (Fsp3) is 0.818. The molecule has 0 aromatic rings. The molecule has 0 aromatic carbocycles. The fourth-order valence-electron chi connectivity index (χ4n) is 1.61. The van der Waals surface area contributed by atoms with Gasteiger partial charge in [-0.05, 0) is 32.6 Å². The fourth-order valence-corrected chi connectivity index (χ4v) is 1.61. The van der Waals surface area contributed by atoms with Crippen LogP contribution in [0.5, 0.6) is 0 Å². The molecule has 86 valence electrons. The molecule has 0 saturated heterocycles. The number of carbonyl (C=O) groups is 2. The molecule has 1 saturated carbocycles. The lowest BCUT2D eigenvalue weighted by atomic mass is 9.83. The topological polar surface area (TPSA) is 66.4 Å². The normalized spacial score (nSPS) is 20.1. The number of hydrogen-bond donors (Lipinski definition) is 2. The summed E-state index contributed by atoms with van der Waals surface area (Å²) in [6, 6.07) is -0.296. The van der Waals surface area contributed by atoms with Crippen molar-refractivity contribution in [2.75, 3.05) is 0 Å². The smallest absolute Gasteiger partial charge is 0.308 e. The Morgan fingerprint density at radius 1 is 1.40 bits per heavy atom. The number of carboxylic acids is 1. The first-order chi connectivity index (χ1) is 7.00. The summed E-state index contributed by atoms with van der Waals surface area (Å²) in [5.74, 6) is -0.889. The van der Waals surface area contributed by atoms with Crippen LogP contribution in [0.25, 0.3) is 0 Å². The summed E-state index contributed by atoms with van der Waals surface area (Å²) in [7, 11) is 0. The summed E-state index contributed by atoms with van der Waals surface area (Å²) < 4.78 is 0. The summed E-state index contributed by atoms with van der Waals surface area (Å²) in [6.07, 6.45) is 4.04. The molecule has 1 aliphatic rings. The van der Waals surface area contributed by atoms with Gasteiger partial charge in [0.05, 0.1) is 5.92 Å². The number of aliphatic carboxylic acids is 1. The van der Waals surface area contributed by atoms with E-state index in [4.69, 9.17) is 5.11 Å². The van der Waals surface area contributed by atoms with Crippen LogP contribution in [0, 0.1) is 11.8 Å². The summed E-state index contributed by atoms with van der Waals surface area (Å²) in [5, 5.41) is 11.5. The van der Waals surface area contributed by atoms with Crippen LogP contribution in [0.2, 0.25) is 0 Å². The third-order valence-electron chi connectivity index (χ3n) is 3.23. The Hall–Kier alpha value is -1.06. The number of hydrogen-bond acceptors (Lipinski definition) is 2. The highest BCUT2D eigenvalue weighted by Crippen LogP contribution is 2.29. The van der Waals surface area contributed by atoms with Crippen LogP contribution < -0.4 is 5.32 Å². The van der Waals surface area contributed by atoms with E-state index in [1.807, 2.05) is 0 Å². The lowest BCUT2D eigenvalue weighted by Crippen LogP contribution is -2.41. The van der Waals surface area contributed by atoms with Crippen molar-refractivity contribution in [3.05, 3.63) is 0 Å². The monoisotopic (exact) mass is 213 g/mol. The van der Waals surface area contributed by atoms with Crippen LogP contribution in [-0.4, -0.2) is 23.0 Å². The van der Waals surface area contributed by atoms with Gasteiger partial charge >= 0.3 is 5.97 Å². The third kappa shape index (κ3) is 3.53. The summed E-state index contributed by atoms with van der Waals surface area (Å²) in [5.41, 5.74) is 0.